The van der Waals surface area contributed by atoms with Crippen molar-refractivity contribution in [1.29, 1.82) is 0 Å². The number of nitrogens with one attached hydrogen (secondary N) is 2. The molecule has 2 aromatic rings. The van der Waals surface area contributed by atoms with Crippen molar-refractivity contribution in [1.82, 2.24) is 10.6 Å². The summed E-state index contributed by atoms with van der Waals surface area (Å²) < 4.78 is 32.7. The van der Waals surface area contributed by atoms with Gasteiger partial charge in [-0.1, -0.05) is 24.3 Å². The number of rotatable bonds is 7. The molecule has 3 rings (SSSR count). The SMILES string of the molecule is CCNC(=NCC1(c2cccc(F)c2)CCOCC1)NCCc1cccc(F)c1.I. The van der Waals surface area contributed by atoms with Gasteiger partial charge in [0, 0.05) is 31.7 Å². The lowest BCUT2D eigenvalue weighted by Gasteiger charge is -2.36. The van der Waals surface area contributed by atoms with Gasteiger partial charge in [0.15, 0.2) is 5.96 Å². The molecule has 4 nitrogen and oxygen atoms in total. The molecule has 0 bridgehead atoms. The summed E-state index contributed by atoms with van der Waals surface area (Å²) in [5, 5.41) is 6.58. The second-order valence-corrected chi connectivity index (χ2v) is 7.40. The van der Waals surface area contributed by atoms with Crippen LogP contribution in [-0.2, 0) is 16.6 Å². The third-order valence-corrected chi connectivity index (χ3v) is 5.37. The number of guanidine groups is 1. The van der Waals surface area contributed by atoms with E-state index in [1.54, 1.807) is 24.3 Å². The van der Waals surface area contributed by atoms with Gasteiger partial charge in [-0.05, 0) is 61.6 Å². The molecule has 2 aromatic carbocycles. The molecule has 164 valence electrons. The molecular formula is C23H30F2IN3O. The van der Waals surface area contributed by atoms with E-state index in [-0.39, 0.29) is 41.0 Å². The van der Waals surface area contributed by atoms with Crippen molar-refractivity contribution in [3.63, 3.8) is 0 Å². The summed E-state index contributed by atoms with van der Waals surface area (Å²) in [6, 6.07) is 13.5. The Balaban J connectivity index is 0.00000320. The minimum atomic E-state index is -0.231. The third-order valence-electron chi connectivity index (χ3n) is 5.37. The largest absolute Gasteiger partial charge is 0.381 e. The quantitative estimate of drug-likeness (QED) is 0.317. The van der Waals surface area contributed by atoms with Crippen molar-refractivity contribution in [2.45, 2.75) is 31.6 Å². The lowest BCUT2D eigenvalue weighted by molar-refractivity contribution is 0.0530. The van der Waals surface area contributed by atoms with Crippen LogP contribution in [0.1, 0.15) is 30.9 Å². The Kier molecular flexibility index (Phi) is 9.97. The molecule has 0 spiro atoms. The smallest absolute Gasteiger partial charge is 0.191 e. The average molecular weight is 529 g/mol. The molecule has 0 aromatic heterocycles. The molecule has 2 N–H and O–H groups in total. The fourth-order valence-corrected chi connectivity index (χ4v) is 3.71. The monoisotopic (exact) mass is 529 g/mol. The van der Waals surface area contributed by atoms with Gasteiger partial charge in [-0.2, -0.15) is 0 Å². The Morgan fingerprint density at radius 1 is 1.03 bits per heavy atom. The normalized spacial score (nSPS) is 15.9. The van der Waals surface area contributed by atoms with Gasteiger partial charge in [-0.25, -0.2) is 8.78 Å². The van der Waals surface area contributed by atoms with Gasteiger partial charge in [0.05, 0.1) is 6.54 Å². The van der Waals surface area contributed by atoms with Crippen molar-refractivity contribution in [2.24, 2.45) is 4.99 Å². The van der Waals surface area contributed by atoms with E-state index >= 15 is 0 Å². The molecule has 0 aliphatic carbocycles. The van der Waals surface area contributed by atoms with E-state index in [0.29, 0.717) is 38.7 Å². The lowest BCUT2D eigenvalue weighted by atomic mass is 9.74. The highest BCUT2D eigenvalue weighted by molar-refractivity contribution is 14.0. The van der Waals surface area contributed by atoms with Gasteiger partial charge in [0.2, 0.25) is 0 Å². The molecule has 0 unspecified atom stereocenters. The fourth-order valence-electron chi connectivity index (χ4n) is 3.71. The Hall–Kier alpha value is -1.74. The fraction of sp³-hybridized carbons (Fsp3) is 0.435. The maximum absolute atomic E-state index is 13.8. The van der Waals surface area contributed by atoms with Gasteiger partial charge >= 0.3 is 0 Å². The maximum atomic E-state index is 13.8. The molecule has 0 saturated carbocycles. The van der Waals surface area contributed by atoms with Crippen LogP contribution in [-0.4, -0.2) is 38.8 Å². The van der Waals surface area contributed by atoms with Crippen molar-refractivity contribution in [3.8, 4) is 0 Å². The topological polar surface area (TPSA) is 45.7 Å². The first-order valence-corrected chi connectivity index (χ1v) is 10.2. The summed E-state index contributed by atoms with van der Waals surface area (Å²) in [6.45, 7) is 5.24. The van der Waals surface area contributed by atoms with Crippen LogP contribution in [0, 0.1) is 11.6 Å². The second-order valence-electron chi connectivity index (χ2n) is 7.40. The molecule has 0 radical (unpaired) electrons. The van der Waals surface area contributed by atoms with E-state index in [1.165, 1.54) is 12.1 Å². The summed E-state index contributed by atoms with van der Waals surface area (Å²) in [6.07, 6.45) is 2.32. The van der Waals surface area contributed by atoms with Gasteiger partial charge in [-0.3, -0.25) is 4.99 Å². The van der Waals surface area contributed by atoms with Gasteiger partial charge in [-0.15, -0.1) is 24.0 Å². The average Bonchev–Trinajstić information content (AvgIpc) is 2.73. The van der Waals surface area contributed by atoms with Crippen LogP contribution in [0.15, 0.2) is 53.5 Å². The number of benzene rings is 2. The first-order valence-electron chi connectivity index (χ1n) is 10.2. The van der Waals surface area contributed by atoms with Crippen molar-refractivity contribution in [2.75, 3.05) is 32.8 Å². The number of hydrogen-bond donors (Lipinski definition) is 2. The van der Waals surface area contributed by atoms with Gasteiger partial charge < -0.3 is 15.4 Å². The second kappa shape index (κ2) is 12.2. The van der Waals surface area contributed by atoms with Crippen molar-refractivity contribution in [3.05, 3.63) is 71.3 Å². The van der Waals surface area contributed by atoms with Gasteiger partial charge in [0.1, 0.15) is 11.6 Å². The molecule has 1 aliphatic rings. The van der Waals surface area contributed by atoms with E-state index < -0.39 is 0 Å². The summed E-state index contributed by atoms with van der Waals surface area (Å²) in [5.74, 6) is 0.267. The van der Waals surface area contributed by atoms with Crippen molar-refractivity contribution >= 4 is 29.9 Å². The molecule has 1 saturated heterocycles. The number of nitrogens with zero attached hydrogens (tertiary/aromatic N) is 1. The Morgan fingerprint density at radius 3 is 2.40 bits per heavy atom. The van der Waals surface area contributed by atoms with Crippen LogP contribution in [0.2, 0.25) is 0 Å². The summed E-state index contributed by atoms with van der Waals surface area (Å²) in [7, 11) is 0. The van der Waals surface area contributed by atoms with Crippen LogP contribution < -0.4 is 10.6 Å². The van der Waals surface area contributed by atoms with Crippen LogP contribution >= 0.6 is 24.0 Å². The Labute approximate surface area is 194 Å². The highest BCUT2D eigenvalue weighted by Crippen LogP contribution is 2.35. The minimum Gasteiger partial charge on any atom is -0.381 e. The van der Waals surface area contributed by atoms with Crippen LogP contribution in [0.4, 0.5) is 8.78 Å². The first kappa shape index (κ1) is 24.5. The van der Waals surface area contributed by atoms with Crippen LogP contribution in [0.25, 0.3) is 0 Å². The van der Waals surface area contributed by atoms with E-state index in [0.717, 1.165) is 30.5 Å². The summed E-state index contributed by atoms with van der Waals surface area (Å²) >= 11 is 0. The number of halogens is 3. The molecular weight excluding hydrogens is 499 g/mol. The summed E-state index contributed by atoms with van der Waals surface area (Å²) in [5.41, 5.74) is 1.68. The Bertz CT molecular complexity index is 826. The maximum Gasteiger partial charge on any atom is 0.191 e. The van der Waals surface area contributed by atoms with Crippen molar-refractivity contribution < 1.29 is 13.5 Å². The standard InChI is InChI=1S/C23H29F2N3O.HI/c1-2-26-22(27-12-9-18-5-3-7-20(24)15-18)28-17-23(10-13-29-14-11-23)19-6-4-8-21(25)16-19;/h3-8,15-16H,2,9-14,17H2,1H3,(H2,26,27,28);1H. The molecule has 7 heteroatoms. The van der Waals surface area contributed by atoms with E-state index in [2.05, 4.69) is 10.6 Å². The third kappa shape index (κ3) is 6.91. The van der Waals surface area contributed by atoms with Crippen LogP contribution in [0.5, 0.6) is 0 Å². The van der Waals surface area contributed by atoms with E-state index in [4.69, 9.17) is 9.73 Å². The Morgan fingerprint density at radius 2 is 1.73 bits per heavy atom. The zero-order valence-corrected chi connectivity index (χ0v) is 19.6. The van der Waals surface area contributed by atoms with Crippen LogP contribution in [0.3, 0.4) is 0 Å². The first-order chi connectivity index (χ1) is 14.1. The van der Waals surface area contributed by atoms with E-state index in [1.807, 2.05) is 19.1 Å². The highest BCUT2D eigenvalue weighted by Gasteiger charge is 2.34. The minimum absolute atomic E-state index is 0. The lowest BCUT2D eigenvalue weighted by Crippen LogP contribution is -2.41. The molecule has 0 amide bonds. The highest BCUT2D eigenvalue weighted by atomic mass is 127. The number of hydrogen-bond acceptors (Lipinski definition) is 2. The molecule has 1 fully saturated rings. The zero-order valence-electron chi connectivity index (χ0n) is 17.3. The molecule has 30 heavy (non-hydrogen) atoms. The summed E-state index contributed by atoms with van der Waals surface area (Å²) in [4.78, 5) is 4.81. The van der Waals surface area contributed by atoms with E-state index in [9.17, 15) is 8.78 Å². The molecule has 1 aliphatic heterocycles. The predicted octanol–water partition coefficient (Wildman–Crippen LogP) is 4.43. The zero-order chi connectivity index (χ0) is 20.5. The molecule has 1 heterocycles. The number of aliphatic imine (C=N–C) groups is 1. The molecule has 0 atom stereocenters. The van der Waals surface area contributed by atoms with Gasteiger partial charge in [0.25, 0.3) is 0 Å². The predicted molar refractivity (Wildman–Crippen MR) is 128 cm³/mol. The number of ether oxygens (including phenoxy) is 1.